The Bertz CT molecular complexity index is 327. The van der Waals surface area contributed by atoms with E-state index in [-0.39, 0.29) is 19.3 Å². The van der Waals surface area contributed by atoms with E-state index in [1.165, 1.54) is 0 Å². The van der Waals surface area contributed by atoms with E-state index in [4.69, 9.17) is 19.6 Å². The van der Waals surface area contributed by atoms with Crippen LogP contribution in [0, 0.1) is 9.81 Å². The molecule has 2 atom stereocenters. The van der Waals surface area contributed by atoms with Gasteiger partial charge in [-0.1, -0.05) is 10.4 Å². The van der Waals surface area contributed by atoms with Crippen LogP contribution in [0.3, 0.4) is 0 Å². The van der Waals surface area contributed by atoms with Crippen molar-refractivity contribution in [1.29, 1.82) is 0 Å². The summed E-state index contributed by atoms with van der Waals surface area (Å²) in [6, 6.07) is 0. The summed E-state index contributed by atoms with van der Waals surface area (Å²) in [5.41, 5.74) is 0. The highest BCUT2D eigenvalue weighted by Crippen LogP contribution is 2.47. The van der Waals surface area contributed by atoms with Gasteiger partial charge in [0.2, 0.25) is 0 Å². The first-order chi connectivity index (χ1) is 7.62. The van der Waals surface area contributed by atoms with Gasteiger partial charge in [-0.15, -0.1) is 9.81 Å². The lowest BCUT2D eigenvalue weighted by Crippen LogP contribution is -2.08. The van der Waals surface area contributed by atoms with Gasteiger partial charge in [-0.2, -0.15) is 0 Å². The molecule has 4 N–H and O–H groups in total. The van der Waals surface area contributed by atoms with Crippen LogP contribution in [0.2, 0.25) is 0 Å². The smallest absolute Gasteiger partial charge is 0.323 e. The summed E-state index contributed by atoms with van der Waals surface area (Å²) in [4.78, 5) is 54.8. The van der Waals surface area contributed by atoms with Crippen molar-refractivity contribution in [2.24, 2.45) is 10.4 Å². The Morgan fingerprint density at radius 2 is 1.12 bits per heavy atom. The fourth-order valence-corrected chi connectivity index (χ4v) is 2.33. The molecule has 0 saturated carbocycles. The molecule has 0 aliphatic rings. The van der Waals surface area contributed by atoms with Gasteiger partial charge in [0.25, 0.3) is 0 Å². The highest BCUT2D eigenvalue weighted by molar-refractivity contribution is 7.52. The van der Waals surface area contributed by atoms with Crippen molar-refractivity contribution in [3.8, 4) is 0 Å². The fraction of sp³-hybridized carbons (Fsp3) is 1.00. The minimum Gasteiger partial charge on any atom is -0.323 e. The summed E-state index contributed by atoms with van der Waals surface area (Å²) in [6.45, 7) is 0. The molecule has 0 aromatic carbocycles. The van der Waals surface area contributed by atoms with Crippen LogP contribution in [0.15, 0.2) is 10.4 Å². The monoisotopic (exact) mass is 290 g/mol. The zero-order valence-electron chi connectivity index (χ0n) is 8.49. The van der Waals surface area contributed by atoms with Crippen LogP contribution < -0.4 is 0 Å². The normalized spacial score (nSPS) is 16.2. The molecule has 0 aromatic heterocycles. The maximum Gasteiger partial charge on any atom is 0.353 e. The van der Waals surface area contributed by atoms with Crippen LogP contribution in [0.5, 0.6) is 0 Å². The summed E-state index contributed by atoms with van der Waals surface area (Å²) < 4.78 is 21.3. The first-order valence-corrected chi connectivity index (χ1v) is 7.74. The maximum atomic E-state index is 10.7. The van der Waals surface area contributed by atoms with E-state index in [1.807, 2.05) is 0 Å². The van der Waals surface area contributed by atoms with Gasteiger partial charge in [-0.3, -0.25) is 9.13 Å². The summed E-state index contributed by atoms with van der Waals surface area (Å²) >= 11 is 0. The Morgan fingerprint density at radius 1 is 0.824 bits per heavy atom. The second-order valence-electron chi connectivity index (χ2n) is 3.28. The van der Waals surface area contributed by atoms with E-state index < -0.39 is 26.8 Å². The Morgan fingerprint density at radius 3 is 1.29 bits per heavy atom. The molecule has 100 valence electrons. The zero-order chi connectivity index (χ0) is 13.7. The Labute approximate surface area is 95.7 Å². The van der Waals surface area contributed by atoms with Crippen molar-refractivity contribution in [1.82, 2.24) is 0 Å². The Hall–Kier alpha value is -0.500. The van der Waals surface area contributed by atoms with E-state index in [0.717, 1.165) is 0 Å². The molecule has 10 nitrogen and oxygen atoms in total. The number of hydrogen-bond donors (Lipinski definition) is 4. The highest BCUT2D eigenvalue weighted by atomic mass is 31.2. The summed E-state index contributed by atoms with van der Waals surface area (Å²) in [5.74, 6) is -3.54. The van der Waals surface area contributed by atoms with Gasteiger partial charge < -0.3 is 19.6 Å². The van der Waals surface area contributed by atoms with E-state index in [9.17, 15) is 18.9 Å². The number of hydrogen-bond acceptors (Lipinski definition) is 6. The first kappa shape index (κ1) is 16.5. The van der Waals surface area contributed by atoms with E-state index in [0.29, 0.717) is 0 Å². The molecule has 0 aromatic rings. The molecule has 0 amide bonds. The van der Waals surface area contributed by atoms with Crippen LogP contribution in [-0.2, 0) is 9.13 Å². The molecule has 0 heterocycles. The van der Waals surface area contributed by atoms with Crippen molar-refractivity contribution in [2.45, 2.75) is 30.8 Å². The van der Waals surface area contributed by atoms with Crippen molar-refractivity contribution < 1.29 is 28.7 Å². The largest absolute Gasteiger partial charge is 0.353 e. The van der Waals surface area contributed by atoms with Crippen molar-refractivity contribution in [3.05, 3.63) is 9.81 Å². The van der Waals surface area contributed by atoms with Crippen molar-refractivity contribution in [3.63, 3.8) is 0 Å². The van der Waals surface area contributed by atoms with Crippen LogP contribution in [-0.4, -0.2) is 31.1 Å². The number of rotatable bonds is 8. The molecule has 0 rings (SSSR count). The second-order valence-corrected chi connectivity index (χ2v) is 6.83. The standard InChI is InChI=1S/C5H12N2O8P2/c8-6-4(16(10,11)12)2-1-3-5(7-9)17(13,14)15/h4-5H,1-3H2,(H2,10,11,12)(H2,13,14,15). The third kappa shape index (κ3) is 6.11. The molecule has 0 aliphatic carbocycles. The van der Waals surface area contributed by atoms with E-state index >= 15 is 0 Å². The van der Waals surface area contributed by atoms with Gasteiger partial charge in [0.05, 0.1) is 0 Å². The molecule has 0 radical (unpaired) electrons. The minimum atomic E-state index is -4.67. The van der Waals surface area contributed by atoms with Crippen LogP contribution in [0.25, 0.3) is 0 Å². The third-order valence-corrected chi connectivity index (χ3v) is 4.20. The minimum absolute atomic E-state index is 0.164. The van der Waals surface area contributed by atoms with Crippen molar-refractivity contribution >= 4 is 15.2 Å². The van der Waals surface area contributed by atoms with Crippen LogP contribution >= 0.6 is 15.2 Å². The predicted octanol–water partition coefficient (Wildman–Crippen LogP) is 0.697. The average Bonchev–Trinajstić information content (AvgIpc) is 2.13. The van der Waals surface area contributed by atoms with Gasteiger partial charge in [0.15, 0.2) is 11.6 Å². The maximum absolute atomic E-state index is 10.7. The van der Waals surface area contributed by atoms with Crippen LogP contribution in [0.1, 0.15) is 19.3 Å². The fourth-order valence-electron chi connectivity index (χ4n) is 1.05. The van der Waals surface area contributed by atoms with E-state index in [1.54, 1.807) is 0 Å². The van der Waals surface area contributed by atoms with Gasteiger partial charge in [-0.05, 0) is 19.3 Å². The molecule has 17 heavy (non-hydrogen) atoms. The third-order valence-electron chi connectivity index (χ3n) is 1.94. The molecule has 0 aliphatic heterocycles. The van der Waals surface area contributed by atoms with E-state index in [2.05, 4.69) is 10.4 Å². The van der Waals surface area contributed by atoms with Gasteiger partial charge >= 0.3 is 15.2 Å². The van der Waals surface area contributed by atoms with Crippen LogP contribution in [0.4, 0.5) is 0 Å². The molecule has 0 spiro atoms. The van der Waals surface area contributed by atoms with Gasteiger partial charge in [0.1, 0.15) is 0 Å². The lowest BCUT2D eigenvalue weighted by Gasteiger charge is -2.13. The Balaban J connectivity index is 4.31. The Kier molecular flexibility index (Phi) is 6.25. The van der Waals surface area contributed by atoms with Gasteiger partial charge in [-0.25, -0.2) is 0 Å². The second kappa shape index (κ2) is 6.44. The molecule has 0 fully saturated rings. The molecular weight excluding hydrogens is 278 g/mol. The quantitative estimate of drug-likeness (QED) is 0.373. The topological polar surface area (TPSA) is 174 Å². The molecular formula is C5H12N2O8P2. The summed E-state index contributed by atoms with van der Waals surface area (Å²) in [5, 5.41) is 4.46. The van der Waals surface area contributed by atoms with Gasteiger partial charge in [0, 0.05) is 0 Å². The average molecular weight is 290 g/mol. The predicted molar refractivity (Wildman–Crippen MR) is 57.1 cm³/mol. The molecule has 0 bridgehead atoms. The lowest BCUT2D eigenvalue weighted by atomic mass is 10.2. The van der Waals surface area contributed by atoms with Crippen molar-refractivity contribution in [2.75, 3.05) is 0 Å². The zero-order valence-corrected chi connectivity index (χ0v) is 10.3. The molecule has 2 unspecified atom stereocenters. The summed E-state index contributed by atoms with van der Waals surface area (Å²) in [7, 11) is -9.33. The summed E-state index contributed by atoms with van der Waals surface area (Å²) in [6.07, 6.45) is -0.914. The first-order valence-electron chi connectivity index (χ1n) is 4.38. The number of nitrogens with zero attached hydrogens (tertiary/aromatic N) is 2. The lowest BCUT2D eigenvalue weighted by molar-refractivity contribution is 0.348. The molecule has 12 heteroatoms. The SMILES string of the molecule is O=NC(CCCC(N=O)P(=O)(O)O)P(=O)(O)O. The highest BCUT2D eigenvalue weighted by Gasteiger charge is 2.33. The number of nitroso groups, excluding NO2 is 2. The molecule has 0 saturated heterocycles.